The predicted molar refractivity (Wildman–Crippen MR) is 107 cm³/mol. The number of carbonyl (C=O) groups is 2. The SMILES string of the molecule is CC[C@]1(C(=O)N2CCC3(CCCO3)CC2)C[C@H]2CC[C@@H]1N2C(=O)Cn1cccn1. The highest BCUT2D eigenvalue weighted by molar-refractivity contribution is 5.87. The lowest BCUT2D eigenvalue weighted by Gasteiger charge is -2.44. The topological polar surface area (TPSA) is 67.7 Å². The van der Waals surface area contributed by atoms with Crippen LogP contribution in [0.5, 0.6) is 0 Å². The Morgan fingerprint density at radius 2 is 2.03 bits per heavy atom. The molecule has 4 aliphatic rings. The molecule has 29 heavy (non-hydrogen) atoms. The smallest absolute Gasteiger partial charge is 0.244 e. The first-order valence-electron chi connectivity index (χ1n) is 11.3. The Bertz CT molecular complexity index is 763. The molecule has 4 saturated heterocycles. The van der Waals surface area contributed by atoms with E-state index in [0.29, 0.717) is 0 Å². The lowest BCUT2D eigenvalue weighted by atomic mass is 9.70. The van der Waals surface area contributed by atoms with Crippen LogP contribution in [0.2, 0.25) is 0 Å². The second kappa shape index (κ2) is 7.11. The summed E-state index contributed by atoms with van der Waals surface area (Å²) in [5.74, 6) is 0.373. The molecule has 0 unspecified atom stereocenters. The summed E-state index contributed by atoms with van der Waals surface area (Å²) in [7, 11) is 0. The van der Waals surface area contributed by atoms with E-state index in [1.54, 1.807) is 10.9 Å². The van der Waals surface area contributed by atoms with Crippen LogP contribution in [0.3, 0.4) is 0 Å². The first-order chi connectivity index (χ1) is 14.1. The van der Waals surface area contributed by atoms with Gasteiger partial charge in [0.1, 0.15) is 6.54 Å². The zero-order chi connectivity index (χ0) is 20.1. The minimum absolute atomic E-state index is 0.0244. The average Bonchev–Trinajstić information content (AvgIpc) is 3.52. The Morgan fingerprint density at radius 1 is 1.21 bits per heavy atom. The lowest BCUT2D eigenvalue weighted by molar-refractivity contribution is -0.150. The molecule has 2 amide bonds. The second-order valence-electron chi connectivity index (χ2n) is 9.39. The zero-order valence-electron chi connectivity index (χ0n) is 17.4. The Kier molecular flexibility index (Phi) is 4.68. The highest BCUT2D eigenvalue weighted by atomic mass is 16.5. The van der Waals surface area contributed by atoms with E-state index >= 15 is 0 Å². The number of rotatable bonds is 4. The van der Waals surface area contributed by atoms with Crippen molar-refractivity contribution >= 4 is 11.8 Å². The van der Waals surface area contributed by atoms with Crippen molar-refractivity contribution in [3.63, 3.8) is 0 Å². The lowest BCUT2D eigenvalue weighted by Crippen LogP contribution is -2.55. The van der Waals surface area contributed by atoms with Crippen molar-refractivity contribution in [2.75, 3.05) is 19.7 Å². The second-order valence-corrected chi connectivity index (χ2v) is 9.39. The molecular formula is C22H32N4O3. The van der Waals surface area contributed by atoms with Gasteiger partial charge < -0.3 is 14.5 Å². The maximum atomic E-state index is 13.8. The molecule has 0 aliphatic carbocycles. The standard InChI is InChI=1S/C22H32N4O3/c1-2-22(20(28)24-12-8-21(9-13-24)7-3-14-29-21)15-17-5-6-18(22)26(17)19(27)16-25-11-4-10-23-25/h4,10-11,17-18H,2-3,5-9,12-16H2,1H3/t17-,18+,22+/m1/s1. The summed E-state index contributed by atoms with van der Waals surface area (Å²) in [6, 6.07) is 2.07. The highest BCUT2D eigenvalue weighted by Gasteiger charge is 2.61. The summed E-state index contributed by atoms with van der Waals surface area (Å²) in [6.07, 6.45) is 11.3. The van der Waals surface area contributed by atoms with Crippen LogP contribution in [0, 0.1) is 5.41 Å². The maximum absolute atomic E-state index is 13.8. The van der Waals surface area contributed by atoms with Crippen LogP contribution < -0.4 is 0 Å². The van der Waals surface area contributed by atoms with E-state index in [9.17, 15) is 9.59 Å². The third kappa shape index (κ3) is 3.00. The summed E-state index contributed by atoms with van der Waals surface area (Å²) in [5.41, 5.74) is -0.389. The number of aromatic nitrogens is 2. The van der Waals surface area contributed by atoms with E-state index in [4.69, 9.17) is 4.74 Å². The average molecular weight is 401 g/mol. The predicted octanol–water partition coefficient (Wildman–Crippen LogP) is 2.21. The number of amides is 2. The number of carbonyl (C=O) groups excluding carboxylic acids is 2. The number of fused-ring (bicyclic) bond motifs is 2. The zero-order valence-corrected chi connectivity index (χ0v) is 17.4. The van der Waals surface area contributed by atoms with Gasteiger partial charge in [0.25, 0.3) is 0 Å². The molecule has 3 atom stereocenters. The third-order valence-electron chi connectivity index (χ3n) is 8.09. The van der Waals surface area contributed by atoms with Gasteiger partial charge in [-0.3, -0.25) is 14.3 Å². The molecule has 0 saturated carbocycles. The van der Waals surface area contributed by atoms with Crippen LogP contribution >= 0.6 is 0 Å². The molecule has 2 bridgehead atoms. The fraction of sp³-hybridized carbons (Fsp3) is 0.773. The van der Waals surface area contributed by atoms with Gasteiger partial charge >= 0.3 is 0 Å². The number of nitrogens with zero attached hydrogens (tertiary/aromatic N) is 4. The highest BCUT2D eigenvalue weighted by Crippen LogP contribution is 2.53. The first-order valence-corrected chi connectivity index (χ1v) is 11.3. The monoisotopic (exact) mass is 400 g/mol. The van der Waals surface area contributed by atoms with E-state index in [2.05, 4.69) is 16.9 Å². The van der Waals surface area contributed by atoms with Gasteiger partial charge in [-0.25, -0.2) is 0 Å². The number of likely N-dealkylation sites (tertiary alicyclic amines) is 1. The molecule has 1 aromatic heterocycles. The molecule has 4 fully saturated rings. The van der Waals surface area contributed by atoms with Crippen molar-refractivity contribution in [2.24, 2.45) is 5.41 Å². The number of hydrogen-bond donors (Lipinski definition) is 0. The molecule has 5 rings (SSSR count). The van der Waals surface area contributed by atoms with Gasteiger partial charge in [-0.1, -0.05) is 6.92 Å². The van der Waals surface area contributed by atoms with Gasteiger partial charge in [0, 0.05) is 44.2 Å². The molecule has 0 aromatic carbocycles. The van der Waals surface area contributed by atoms with Gasteiger partial charge in [0.2, 0.25) is 11.8 Å². The van der Waals surface area contributed by atoms with E-state index < -0.39 is 5.41 Å². The van der Waals surface area contributed by atoms with Crippen LogP contribution in [0.1, 0.15) is 58.3 Å². The maximum Gasteiger partial charge on any atom is 0.244 e. The third-order valence-corrected chi connectivity index (χ3v) is 8.09. The van der Waals surface area contributed by atoms with E-state index in [1.807, 2.05) is 17.2 Å². The van der Waals surface area contributed by atoms with Crippen molar-refractivity contribution in [3.05, 3.63) is 18.5 Å². The molecule has 1 aromatic rings. The van der Waals surface area contributed by atoms with Crippen molar-refractivity contribution in [3.8, 4) is 0 Å². The largest absolute Gasteiger partial charge is 0.375 e. The van der Waals surface area contributed by atoms with Crippen LogP contribution in [0.4, 0.5) is 0 Å². The van der Waals surface area contributed by atoms with Gasteiger partial charge in [0.05, 0.1) is 11.0 Å². The van der Waals surface area contributed by atoms with Crippen LogP contribution in [0.25, 0.3) is 0 Å². The molecule has 4 aliphatic heterocycles. The van der Waals surface area contributed by atoms with Crippen LogP contribution in [-0.2, 0) is 20.9 Å². The molecule has 158 valence electrons. The van der Waals surface area contributed by atoms with E-state index in [1.165, 1.54) is 0 Å². The number of piperidine rings is 1. The first kappa shape index (κ1) is 19.1. The summed E-state index contributed by atoms with van der Waals surface area (Å²) in [6.45, 7) is 4.83. The van der Waals surface area contributed by atoms with Crippen LogP contribution in [0.15, 0.2) is 18.5 Å². The van der Waals surface area contributed by atoms with Gasteiger partial charge in [0.15, 0.2) is 0 Å². The Hall–Kier alpha value is -1.89. The quantitative estimate of drug-likeness (QED) is 0.777. The molecule has 0 N–H and O–H groups in total. The summed E-state index contributed by atoms with van der Waals surface area (Å²) >= 11 is 0. The molecule has 7 heteroatoms. The Balaban J connectivity index is 1.31. The summed E-state index contributed by atoms with van der Waals surface area (Å²) in [5, 5.41) is 4.18. The molecule has 5 heterocycles. The molecular weight excluding hydrogens is 368 g/mol. The Labute approximate surface area is 172 Å². The van der Waals surface area contributed by atoms with E-state index in [-0.39, 0.29) is 36.0 Å². The number of ether oxygens (including phenoxy) is 1. The van der Waals surface area contributed by atoms with E-state index in [0.717, 1.165) is 71.1 Å². The van der Waals surface area contributed by atoms with Crippen molar-refractivity contribution in [1.82, 2.24) is 19.6 Å². The summed E-state index contributed by atoms with van der Waals surface area (Å²) in [4.78, 5) is 30.9. The van der Waals surface area contributed by atoms with Gasteiger partial charge in [-0.05, 0) is 57.4 Å². The fourth-order valence-electron chi connectivity index (χ4n) is 6.52. The van der Waals surface area contributed by atoms with Gasteiger partial charge in [-0.2, -0.15) is 5.10 Å². The minimum atomic E-state index is -0.413. The van der Waals surface area contributed by atoms with Gasteiger partial charge in [-0.15, -0.1) is 0 Å². The van der Waals surface area contributed by atoms with Crippen molar-refractivity contribution in [1.29, 1.82) is 0 Å². The fourth-order valence-corrected chi connectivity index (χ4v) is 6.52. The molecule has 7 nitrogen and oxygen atoms in total. The Morgan fingerprint density at radius 3 is 2.69 bits per heavy atom. The minimum Gasteiger partial charge on any atom is -0.375 e. The summed E-state index contributed by atoms with van der Waals surface area (Å²) < 4.78 is 7.72. The van der Waals surface area contributed by atoms with Crippen molar-refractivity contribution < 1.29 is 14.3 Å². The molecule has 0 radical (unpaired) electrons. The van der Waals surface area contributed by atoms with Crippen molar-refractivity contribution in [2.45, 2.75) is 82.5 Å². The normalized spacial score (nSPS) is 33.0. The number of hydrogen-bond acceptors (Lipinski definition) is 4. The molecule has 1 spiro atoms. The van der Waals surface area contributed by atoms with Crippen LogP contribution in [-0.4, -0.2) is 68.8 Å².